The van der Waals surface area contributed by atoms with Crippen LogP contribution in [-0.2, 0) is 66.4 Å². The third-order valence-electron chi connectivity index (χ3n) is 14.5. The summed E-state index contributed by atoms with van der Waals surface area (Å²) >= 11 is 0. The number of carbonyl (C=O) groups is 2. The zero-order chi connectivity index (χ0) is 62.0. The zero-order valence-corrected chi connectivity index (χ0v) is 44.3. The Morgan fingerprint density at radius 3 is 0.774 bits per heavy atom. The largest absolute Gasteiger partial charge is 0.394 e. The van der Waals surface area contributed by atoms with E-state index < -0.39 is 274 Å². The fourth-order valence-corrected chi connectivity index (χ4v) is 9.55. The summed E-state index contributed by atoms with van der Waals surface area (Å²) < 4.78 is 66.2. The average molecular weight is 1240 g/mol. The molecule has 0 unspecified atom stereocenters. The molecule has 6 saturated heterocycles. The molecule has 6 heterocycles. The van der Waals surface area contributed by atoms with Crippen molar-refractivity contribution in [3.63, 3.8) is 0 Å². The second-order valence-electron chi connectivity index (χ2n) is 20.5. The lowest BCUT2D eigenvalue weighted by Gasteiger charge is -2.46. The van der Waals surface area contributed by atoms with E-state index in [2.05, 4.69) is 10.6 Å². The Morgan fingerprint density at radius 1 is 0.310 bits per heavy atom. The highest BCUT2D eigenvalue weighted by molar-refractivity contribution is 5.96. The summed E-state index contributed by atoms with van der Waals surface area (Å²) in [4.78, 5) is 27.0. The summed E-state index contributed by atoms with van der Waals surface area (Å²) in [6.45, 7) is -8.50. The Labute approximate surface area is 475 Å². The Kier molecular flexibility index (Phi) is 27.0. The molecule has 0 aromatic heterocycles. The highest BCUT2D eigenvalue weighted by Gasteiger charge is 2.54. The lowest BCUT2D eigenvalue weighted by Crippen LogP contribution is -2.65. The molecule has 6 rings (SSSR count). The van der Waals surface area contributed by atoms with Gasteiger partial charge in [-0.1, -0.05) is 0 Å². The number of rotatable bonds is 26. The lowest BCUT2D eigenvalue weighted by molar-refractivity contribution is -0.362. The molecule has 24 N–H and O–H groups in total. The van der Waals surface area contributed by atoms with E-state index in [0.717, 1.165) is 0 Å². The van der Waals surface area contributed by atoms with Gasteiger partial charge < -0.3 is 180 Å². The number of aliphatic hydroxyl groups excluding tert-OH is 22. The van der Waals surface area contributed by atoms with Gasteiger partial charge in [0, 0.05) is 12.2 Å². The van der Waals surface area contributed by atoms with Crippen molar-refractivity contribution < 1.29 is 179 Å². The van der Waals surface area contributed by atoms with Crippen LogP contribution < -0.4 is 10.6 Å². The highest BCUT2D eigenvalue weighted by atomic mass is 16.8. The van der Waals surface area contributed by atoms with Crippen molar-refractivity contribution in [2.45, 2.75) is 196 Å². The molecule has 84 heavy (non-hydrogen) atoms. The maximum absolute atomic E-state index is 13.6. The van der Waals surface area contributed by atoms with Crippen LogP contribution in [0.3, 0.4) is 0 Å². The standard InChI is InChI=1S/C46H78N2O36/c49-3-15-23(57)27(61)33(67)41(77-15)73-9-13(10-74-42-34(68)28(62)24(58)16(4-50)78-42)47-21(55)1-2-22(56)48-14(11-75-43-37(71)31(65)39(19(7-53)81-43)83-45-35(69)29(63)25(59)17(5-51)79-45)12-76-44-38(72)32(66)40(20(8-54)82-44)84-46-36(70)30(64)26(60)18(6-52)80-46/h1-2,13-20,23-46,49-54,57-72H,3-12H2,(H,47,55)(H,48,56)/b2-1-/t15-,16-,17-,18-,19-,20-,23-,24-,25+,26+,27+,28+,29+,30+,31-,32-,33+,34+,35-,36-,37-,38-,39-,40-,41+,42+,43-,44-,45+,46+/m1/s1. The second-order valence-corrected chi connectivity index (χ2v) is 20.5. The van der Waals surface area contributed by atoms with Crippen LogP contribution in [0.5, 0.6) is 0 Å². The maximum atomic E-state index is 13.6. The first-order valence-corrected chi connectivity index (χ1v) is 26.4. The van der Waals surface area contributed by atoms with E-state index in [0.29, 0.717) is 12.2 Å². The van der Waals surface area contributed by atoms with Gasteiger partial charge in [0.1, 0.15) is 146 Å². The monoisotopic (exact) mass is 1230 g/mol. The van der Waals surface area contributed by atoms with Crippen LogP contribution >= 0.6 is 0 Å². The Balaban J connectivity index is 1.16. The summed E-state index contributed by atoms with van der Waals surface area (Å²) in [7, 11) is 0. The molecule has 0 saturated carbocycles. The van der Waals surface area contributed by atoms with Crippen LogP contribution in [-0.4, -0.2) is 387 Å². The summed E-state index contributed by atoms with van der Waals surface area (Å²) in [6, 6.07) is -2.95. The molecule has 0 bridgehead atoms. The topological polar surface area (TPSA) is 614 Å². The van der Waals surface area contributed by atoms with Crippen molar-refractivity contribution in [1.29, 1.82) is 0 Å². The molecule has 0 aromatic rings. The normalized spacial score (nSPS) is 45.0. The van der Waals surface area contributed by atoms with Crippen molar-refractivity contribution in [3.8, 4) is 0 Å². The average Bonchev–Trinajstić information content (AvgIpc) is 2.50. The molecule has 0 spiro atoms. The van der Waals surface area contributed by atoms with Crippen LogP contribution in [0.2, 0.25) is 0 Å². The van der Waals surface area contributed by atoms with Crippen LogP contribution in [0.1, 0.15) is 0 Å². The highest BCUT2D eigenvalue weighted by Crippen LogP contribution is 2.33. The minimum Gasteiger partial charge on any atom is -0.394 e. The van der Waals surface area contributed by atoms with Gasteiger partial charge in [0.25, 0.3) is 0 Å². The van der Waals surface area contributed by atoms with Gasteiger partial charge in [0.15, 0.2) is 37.7 Å². The first-order valence-electron chi connectivity index (χ1n) is 26.4. The van der Waals surface area contributed by atoms with E-state index in [9.17, 15) is 122 Å². The van der Waals surface area contributed by atoms with Gasteiger partial charge in [-0.25, -0.2) is 0 Å². The molecule has 38 heteroatoms. The van der Waals surface area contributed by atoms with Gasteiger partial charge >= 0.3 is 0 Å². The summed E-state index contributed by atoms with van der Waals surface area (Å²) in [6.07, 6.45) is -53.6. The summed E-state index contributed by atoms with van der Waals surface area (Å²) in [5, 5.41) is 232. The van der Waals surface area contributed by atoms with Gasteiger partial charge in [0.2, 0.25) is 11.8 Å². The number of ether oxygens (including phenoxy) is 12. The first-order chi connectivity index (χ1) is 39.8. The van der Waals surface area contributed by atoms with E-state index in [4.69, 9.17) is 56.8 Å². The molecule has 30 atom stereocenters. The van der Waals surface area contributed by atoms with E-state index in [-0.39, 0.29) is 0 Å². The van der Waals surface area contributed by atoms with E-state index >= 15 is 0 Å². The van der Waals surface area contributed by atoms with Crippen LogP contribution in [0.4, 0.5) is 0 Å². The SMILES string of the molecule is O=C(/C=C\C(=O)NC(CO[C@@H]1O[C@H](CO)[C@@H](O[C@@H]2O[C@H](CO)[C@H](O)[C@H](O)[C@H]2O)[C@H](O)[C@H]1O)CO[C@@H]1O[C@H](CO)[C@@H](O[C@@H]2O[C@H](CO)[C@H](O)[C@H](O)[C@H]2O)[C@H](O)[C@H]1O)NC(CO[C@H]1O[C@H](CO)[C@@H](O)[C@H](O)[C@@H]1O)CO[C@H]1O[C@H](CO)[C@@H](O)[C@H](O)[C@@H]1O. The fraction of sp³-hybridized carbons (Fsp3) is 0.913. The minimum atomic E-state index is -2.12. The Bertz CT molecular complexity index is 1900. The van der Waals surface area contributed by atoms with Crippen molar-refractivity contribution in [3.05, 3.63) is 12.2 Å². The number of hydrogen-bond acceptors (Lipinski definition) is 36. The summed E-state index contributed by atoms with van der Waals surface area (Å²) in [5.41, 5.74) is 0. The number of amides is 2. The third kappa shape index (κ3) is 16.8. The molecule has 2 amide bonds. The predicted molar refractivity (Wildman–Crippen MR) is 257 cm³/mol. The lowest BCUT2D eigenvalue weighted by atomic mass is 9.97. The predicted octanol–water partition coefficient (Wildman–Crippen LogP) is -16.6. The fourth-order valence-electron chi connectivity index (χ4n) is 9.55. The maximum Gasteiger partial charge on any atom is 0.244 e. The molecular formula is C46H78N2O36. The number of nitrogens with one attached hydrogen (secondary N) is 2. The molecule has 6 aliphatic heterocycles. The van der Waals surface area contributed by atoms with Crippen LogP contribution in [0.25, 0.3) is 0 Å². The van der Waals surface area contributed by atoms with Crippen LogP contribution in [0.15, 0.2) is 12.2 Å². The van der Waals surface area contributed by atoms with Crippen molar-refractivity contribution in [2.24, 2.45) is 0 Å². The smallest absolute Gasteiger partial charge is 0.244 e. The molecule has 488 valence electrons. The zero-order valence-electron chi connectivity index (χ0n) is 44.3. The Morgan fingerprint density at radius 2 is 0.524 bits per heavy atom. The van der Waals surface area contributed by atoms with Gasteiger partial charge in [-0.05, 0) is 0 Å². The Hall–Kier alpha value is -2.68. The number of aliphatic hydroxyl groups is 22. The van der Waals surface area contributed by atoms with Crippen molar-refractivity contribution in [1.82, 2.24) is 10.6 Å². The molecule has 0 aliphatic carbocycles. The van der Waals surface area contributed by atoms with Crippen molar-refractivity contribution >= 4 is 11.8 Å². The van der Waals surface area contributed by atoms with E-state index in [1.165, 1.54) is 0 Å². The van der Waals surface area contributed by atoms with Gasteiger partial charge in [0.05, 0.1) is 78.2 Å². The van der Waals surface area contributed by atoms with Gasteiger partial charge in [-0.3, -0.25) is 9.59 Å². The second kappa shape index (κ2) is 32.2. The minimum absolute atomic E-state index is 0.618. The van der Waals surface area contributed by atoms with E-state index in [1.807, 2.05) is 0 Å². The van der Waals surface area contributed by atoms with Gasteiger partial charge in [-0.2, -0.15) is 0 Å². The molecule has 38 nitrogen and oxygen atoms in total. The summed E-state index contributed by atoms with van der Waals surface area (Å²) in [5.74, 6) is -2.28. The third-order valence-corrected chi connectivity index (χ3v) is 14.5. The number of hydrogen-bond donors (Lipinski definition) is 24. The van der Waals surface area contributed by atoms with Gasteiger partial charge in [-0.15, -0.1) is 0 Å². The first kappa shape index (κ1) is 70.4. The molecule has 6 fully saturated rings. The van der Waals surface area contributed by atoms with Crippen LogP contribution in [0, 0.1) is 0 Å². The molecular weight excluding hydrogens is 1160 g/mol. The quantitative estimate of drug-likeness (QED) is 0.0358. The molecule has 0 aromatic carbocycles. The van der Waals surface area contributed by atoms with E-state index in [1.54, 1.807) is 0 Å². The molecule has 0 radical (unpaired) electrons. The molecule has 6 aliphatic rings. The number of carbonyl (C=O) groups excluding carboxylic acids is 2. The van der Waals surface area contributed by atoms with Crippen molar-refractivity contribution in [2.75, 3.05) is 66.1 Å².